The molecular weight excluding hydrogens is 320 g/mol. The molecule has 0 saturated heterocycles. The number of rotatable bonds is 2. The number of nitrogens with zero attached hydrogens (tertiary/aromatic N) is 2. The van der Waals surface area contributed by atoms with Gasteiger partial charge in [-0.05, 0) is 64.5 Å². The van der Waals surface area contributed by atoms with Crippen LogP contribution in [0.1, 0.15) is 0 Å². The molecular formula is C15H11BrN2O2. The Bertz CT molecular complexity index is 751. The van der Waals surface area contributed by atoms with Crippen LogP contribution in [0, 0.1) is 0 Å². The highest BCUT2D eigenvalue weighted by Crippen LogP contribution is 2.30. The lowest BCUT2D eigenvalue weighted by Crippen LogP contribution is -1.94. The second-order valence-corrected chi connectivity index (χ2v) is 5.18. The Morgan fingerprint density at radius 3 is 2.30 bits per heavy atom. The SMILES string of the molecule is Oc1ccc(-n2ccc(-c3ccc(O)cc3Br)n2)cc1. The fourth-order valence-electron chi connectivity index (χ4n) is 1.93. The number of phenols is 2. The van der Waals surface area contributed by atoms with Crippen molar-refractivity contribution in [3.05, 3.63) is 59.2 Å². The molecule has 0 aliphatic rings. The molecule has 0 aliphatic carbocycles. The van der Waals surface area contributed by atoms with E-state index in [-0.39, 0.29) is 11.5 Å². The predicted octanol–water partition coefficient (Wildman–Crippen LogP) is 3.71. The van der Waals surface area contributed by atoms with Gasteiger partial charge < -0.3 is 10.2 Å². The van der Waals surface area contributed by atoms with E-state index in [2.05, 4.69) is 21.0 Å². The number of aromatic hydroxyl groups is 2. The molecule has 0 atom stereocenters. The summed E-state index contributed by atoms with van der Waals surface area (Å²) in [6.45, 7) is 0. The van der Waals surface area contributed by atoms with Crippen molar-refractivity contribution in [3.8, 4) is 28.4 Å². The Morgan fingerprint density at radius 2 is 1.60 bits per heavy atom. The average molecular weight is 331 g/mol. The monoisotopic (exact) mass is 330 g/mol. The minimum absolute atomic E-state index is 0.207. The smallest absolute Gasteiger partial charge is 0.116 e. The first-order valence-electron chi connectivity index (χ1n) is 5.97. The second kappa shape index (κ2) is 5.02. The van der Waals surface area contributed by atoms with Crippen LogP contribution in [-0.2, 0) is 0 Å². The van der Waals surface area contributed by atoms with Crippen molar-refractivity contribution < 1.29 is 10.2 Å². The number of hydrogen-bond acceptors (Lipinski definition) is 3. The van der Waals surface area contributed by atoms with Gasteiger partial charge in [-0.25, -0.2) is 4.68 Å². The van der Waals surface area contributed by atoms with Gasteiger partial charge in [0.15, 0.2) is 0 Å². The van der Waals surface area contributed by atoms with Crippen molar-refractivity contribution in [1.29, 1.82) is 0 Å². The molecule has 20 heavy (non-hydrogen) atoms. The normalized spacial score (nSPS) is 10.7. The molecule has 0 unspecified atom stereocenters. The molecule has 5 heteroatoms. The molecule has 0 saturated carbocycles. The zero-order chi connectivity index (χ0) is 14.1. The third-order valence-electron chi connectivity index (χ3n) is 2.93. The summed E-state index contributed by atoms with van der Waals surface area (Å²) in [7, 11) is 0. The number of halogens is 1. The summed E-state index contributed by atoms with van der Waals surface area (Å²) in [6, 6.07) is 13.8. The third kappa shape index (κ3) is 2.40. The van der Waals surface area contributed by atoms with Crippen molar-refractivity contribution in [2.45, 2.75) is 0 Å². The molecule has 1 heterocycles. The molecule has 3 aromatic rings. The lowest BCUT2D eigenvalue weighted by Gasteiger charge is -2.03. The summed E-state index contributed by atoms with van der Waals surface area (Å²) in [6.07, 6.45) is 1.85. The largest absolute Gasteiger partial charge is 0.508 e. The van der Waals surface area contributed by atoms with Crippen LogP contribution in [0.4, 0.5) is 0 Å². The van der Waals surface area contributed by atoms with Crippen LogP contribution in [0.3, 0.4) is 0 Å². The first-order valence-corrected chi connectivity index (χ1v) is 6.77. The van der Waals surface area contributed by atoms with Crippen molar-refractivity contribution >= 4 is 15.9 Å². The van der Waals surface area contributed by atoms with Crippen LogP contribution >= 0.6 is 15.9 Å². The van der Waals surface area contributed by atoms with Crippen molar-refractivity contribution in [3.63, 3.8) is 0 Å². The topological polar surface area (TPSA) is 58.3 Å². The highest BCUT2D eigenvalue weighted by atomic mass is 79.9. The van der Waals surface area contributed by atoms with Gasteiger partial charge in [0.05, 0.1) is 11.4 Å². The minimum Gasteiger partial charge on any atom is -0.508 e. The van der Waals surface area contributed by atoms with E-state index in [9.17, 15) is 10.2 Å². The molecule has 2 aromatic carbocycles. The molecule has 0 spiro atoms. The number of aromatic nitrogens is 2. The quantitative estimate of drug-likeness (QED) is 0.753. The van der Waals surface area contributed by atoms with Crippen molar-refractivity contribution in [1.82, 2.24) is 9.78 Å². The zero-order valence-electron chi connectivity index (χ0n) is 10.4. The lowest BCUT2D eigenvalue weighted by molar-refractivity contribution is 0.474. The average Bonchev–Trinajstić information content (AvgIpc) is 2.89. The first kappa shape index (κ1) is 12.7. The summed E-state index contributed by atoms with van der Waals surface area (Å²) in [5.41, 5.74) is 2.56. The maximum Gasteiger partial charge on any atom is 0.116 e. The summed E-state index contributed by atoms with van der Waals surface area (Å²) in [5, 5.41) is 23.2. The predicted molar refractivity (Wildman–Crippen MR) is 80.0 cm³/mol. The molecule has 0 radical (unpaired) electrons. The van der Waals surface area contributed by atoms with Gasteiger partial charge in [-0.3, -0.25) is 0 Å². The molecule has 4 nitrogen and oxygen atoms in total. The Labute approximate surface area is 124 Å². The number of phenolic OH excluding ortho intramolecular Hbond substituents is 2. The molecule has 0 aliphatic heterocycles. The Hall–Kier alpha value is -2.27. The minimum atomic E-state index is 0.207. The lowest BCUT2D eigenvalue weighted by atomic mass is 10.1. The molecule has 0 bridgehead atoms. The highest BCUT2D eigenvalue weighted by molar-refractivity contribution is 9.10. The third-order valence-corrected chi connectivity index (χ3v) is 3.59. The summed E-state index contributed by atoms with van der Waals surface area (Å²) >= 11 is 3.42. The van der Waals surface area contributed by atoms with Gasteiger partial charge >= 0.3 is 0 Å². The van der Waals surface area contributed by atoms with Gasteiger partial charge in [0, 0.05) is 16.2 Å². The molecule has 100 valence electrons. The van der Waals surface area contributed by atoms with Gasteiger partial charge in [-0.1, -0.05) is 0 Å². The van der Waals surface area contributed by atoms with Gasteiger partial charge in [0.25, 0.3) is 0 Å². The second-order valence-electron chi connectivity index (χ2n) is 4.33. The highest BCUT2D eigenvalue weighted by Gasteiger charge is 2.08. The Kier molecular flexibility index (Phi) is 3.20. The molecule has 0 amide bonds. The first-order chi connectivity index (χ1) is 9.63. The number of benzene rings is 2. The van der Waals surface area contributed by atoms with Crippen LogP contribution in [-0.4, -0.2) is 20.0 Å². The van der Waals surface area contributed by atoms with Gasteiger partial charge in [0.1, 0.15) is 11.5 Å². The van der Waals surface area contributed by atoms with E-state index < -0.39 is 0 Å². The zero-order valence-corrected chi connectivity index (χ0v) is 11.9. The van der Waals surface area contributed by atoms with Crippen LogP contribution < -0.4 is 0 Å². The van der Waals surface area contributed by atoms with Gasteiger partial charge in [-0.15, -0.1) is 0 Å². The van der Waals surface area contributed by atoms with Crippen LogP contribution in [0.5, 0.6) is 11.5 Å². The maximum atomic E-state index is 9.41. The Morgan fingerprint density at radius 1 is 0.900 bits per heavy atom. The van der Waals surface area contributed by atoms with Gasteiger partial charge in [-0.2, -0.15) is 5.10 Å². The summed E-state index contributed by atoms with van der Waals surface area (Å²) < 4.78 is 2.52. The van der Waals surface area contributed by atoms with Crippen LogP contribution in [0.2, 0.25) is 0 Å². The standard InChI is InChI=1S/C15H11BrN2O2/c16-14-9-12(20)5-6-13(14)15-7-8-18(17-15)10-1-3-11(19)4-2-10/h1-9,19-20H. The molecule has 0 fully saturated rings. The van der Waals surface area contributed by atoms with E-state index in [1.807, 2.05) is 18.3 Å². The van der Waals surface area contributed by atoms with E-state index in [1.54, 1.807) is 41.1 Å². The molecule has 2 N–H and O–H groups in total. The van der Waals surface area contributed by atoms with Crippen molar-refractivity contribution in [2.75, 3.05) is 0 Å². The van der Waals surface area contributed by atoms with Gasteiger partial charge in [0.2, 0.25) is 0 Å². The molecule has 3 rings (SSSR count). The Balaban J connectivity index is 1.99. The van der Waals surface area contributed by atoms with E-state index in [4.69, 9.17) is 0 Å². The fraction of sp³-hybridized carbons (Fsp3) is 0. The summed E-state index contributed by atoms with van der Waals surface area (Å²) in [4.78, 5) is 0. The summed E-state index contributed by atoms with van der Waals surface area (Å²) in [5.74, 6) is 0.431. The molecule has 1 aromatic heterocycles. The van der Waals surface area contributed by atoms with Crippen LogP contribution in [0.15, 0.2) is 59.2 Å². The number of hydrogen-bond donors (Lipinski definition) is 2. The maximum absolute atomic E-state index is 9.41. The van der Waals surface area contributed by atoms with E-state index in [0.29, 0.717) is 0 Å². The van der Waals surface area contributed by atoms with Crippen molar-refractivity contribution in [2.24, 2.45) is 0 Å². The fourth-order valence-corrected chi connectivity index (χ4v) is 2.50. The van der Waals surface area contributed by atoms with Crippen LogP contribution in [0.25, 0.3) is 16.9 Å². The van der Waals surface area contributed by atoms with E-state index in [0.717, 1.165) is 21.4 Å². The van der Waals surface area contributed by atoms with E-state index >= 15 is 0 Å². The van der Waals surface area contributed by atoms with E-state index in [1.165, 1.54) is 0 Å².